The number of halogens is 2. The summed E-state index contributed by atoms with van der Waals surface area (Å²) >= 11 is 6.93. The molecule has 1 heterocycles. The van der Waals surface area contributed by atoms with Crippen LogP contribution in [0.25, 0.3) is 17.1 Å². The highest BCUT2D eigenvalue weighted by Crippen LogP contribution is 2.27. The Morgan fingerprint density at radius 1 is 1.10 bits per heavy atom. The fourth-order valence-corrected chi connectivity index (χ4v) is 2.80. The Hall–Kier alpha value is -1.73. The minimum absolute atomic E-state index is 0.643. The molecule has 2 N–H and O–H groups in total. The molecular weight excluding hydrogens is 398 g/mol. The van der Waals surface area contributed by atoms with Gasteiger partial charge in [-0.2, -0.15) is 4.68 Å². The van der Waals surface area contributed by atoms with Crippen LogP contribution in [0.3, 0.4) is 0 Å². The summed E-state index contributed by atoms with van der Waals surface area (Å²) in [6.45, 7) is 2.02. The first kappa shape index (κ1) is 14.2. The summed E-state index contributed by atoms with van der Waals surface area (Å²) in [6.07, 6.45) is 0. The molecule has 1 aromatic heterocycles. The molecule has 0 unspecified atom stereocenters. The number of rotatable bonds is 2. The number of aryl methyl sites for hydroxylation is 1. The highest BCUT2D eigenvalue weighted by molar-refractivity contribution is 9.10. The summed E-state index contributed by atoms with van der Waals surface area (Å²) in [4.78, 5) is 0. The molecule has 0 spiro atoms. The minimum atomic E-state index is 0.643. The molecule has 106 valence electrons. The summed E-state index contributed by atoms with van der Waals surface area (Å²) in [6, 6.07) is 11.6. The minimum Gasteiger partial charge on any atom is -0.399 e. The van der Waals surface area contributed by atoms with Gasteiger partial charge in [0, 0.05) is 20.2 Å². The summed E-state index contributed by atoms with van der Waals surface area (Å²) in [5, 5.41) is 12.0. The van der Waals surface area contributed by atoms with Gasteiger partial charge in [0.15, 0.2) is 5.82 Å². The van der Waals surface area contributed by atoms with Gasteiger partial charge in [0.05, 0.1) is 5.69 Å². The second-order valence-electron chi connectivity index (χ2n) is 4.62. The zero-order valence-corrected chi connectivity index (χ0v) is 14.3. The SMILES string of the molecule is Cc1cc(-n2nnnc2-c2cc(N)cc(Br)c2)ccc1Br. The van der Waals surface area contributed by atoms with Crippen molar-refractivity contribution in [3.63, 3.8) is 0 Å². The van der Waals surface area contributed by atoms with Crippen molar-refractivity contribution in [2.75, 3.05) is 5.73 Å². The van der Waals surface area contributed by atoms with Crippen LogP contribution in [0.4, 0.5) is 5.69 Å². The van der Waals surface area contributed by atoms with Crippen LogP contribution < -0.4 is 5.73 Å². The lowest BCUT2D eigenvalue weighted by molar-refractivity contribution is 0.790. The maximum atomic E-state index is 5.88. The zero-order valence-electron chi connectivity index (χ0n) is 11.1. The van der Waals surface area contributed by atoms with Gasteiger partial charge in [0.2, 0.25) is 0 Å². The molecule has 7 heteroatoms. The van der Waals surface area contributed by atoms with E-state index in [1.165, 1.54) is 0 Å². The number of benzene rings is 2. The topological polar surface area (TPSA) is 69.6 Å². The molecule has 0 aliphatic carbocycles. The molecular formula is C14H11Br2N5. The molecule has 5 nitrogen and oxygen atoms in total. The van der Waals surface area contributed by atoms with E-state index < -0.39 is 0 Å². The van der Waals surface area contributed by atoms with Crippen molar-refractivity contribution in [2.24, 2.45) is 0 Å². The maximum absolute atomic E-state index is 5.88. The molecule has 3 aromatic rings. The Morgan fingerprint density at radius 3 is 2.62 bits per heavy atom. The molecule has 21 heavy (non-hydrogen) atoms. The number of tetrazole rings is 1. The Labute approximate surface area is 138 Å². The fraction of sp³-hybridized carbons (Fsp3) is 0.0714. The van der Waals surface area contributed by atoms with E-state index in [-0.39, 0.29) is 0 Å². The summed E-state index contributed by atoms with van der Waals surface area (Å²) in [5.41, 5.74) is 9.40. The van der Waals surface area contributed by atoms with E-state index in [0.717, 1.165) is 25.8 Å². The van der Waals surface area contributed by atoms with E-state index in [1.807, 2.05) is 43.3 Å². The van der Waals surface area contributed by atoms with Crippen LogP contribution in [0.2, 0.25) is 0 Å². The Morgan fingerprint density at radius 2 is 1.90 bits per heavy atom. The molecule has 0 saturated carbocycles. The molecule has 0 saturated heterocycles. The lowest BCUT2D eigenvalue weighted by Crippen LogP contribution is -2.01. The first-order valence-corrected chi connectivity index (χ1v) is 7.74. The summed E-state index contributed by atoms with van der Waals surface area (Å²) < 4.78 is 3.63. The third-order valence-electron chi connectivity index (χ3n) is 3.03. The van der Waals surface area contributed by atoms with Crippen LogP contribution in [0.1, 0.15) is 5.56 Å². The van der Waals surface area contributed by atoms with Crippen molar-refractivity contribution in [1.82, 2.24) is 20.2 Å². The summed E-state index contributed by atoms with van der Waals surface area (Å²) in [5.74, 6) is 0.643. The molecule has 0 amide bonds. The first-order chi connectivity index (χ1) is 10.0. The van der Waals surface area contributed by atoms with Gasteiger partial charge in [-0.1, -0.05) is 31.9 Å². The predicted octanol–water partition coefficient (Wildman–Crippen LogP) is 3.74. The van der Waals surface area contributed by atoms with Crippen LogP contribution in [0, 0.1) is 6.92 Å². The normalized spacial score (nSPS) is 10.8. The van der Waals surface area contributed by atoms with Gasteiger partial charge >= 0.3 is 0 Å². The van der Waals surface area contributed by atoms with Crippen LogP contribution in [0.5, 0.6) is 0 Å². The van der Waals surface area contributed by atoms with Crippen molar-refractivity contribution in [3.05, 3.63) is 50.9 Å². The van der Waals surface area contributed by atoms with Crippen LogP contribution in [-0.4, -0.2) is 20.2 Å². The van der Waals surface area contributed by atoms with Gasteiger partial charge in [-0.25, -0.2) is 0 Å². The number of hydrogen-bond donors (Lipinski definition) is 1. The highest BCUT2D eigenvalue weighted by Gasteiger charge is 2.12. The lowest BCUT2D eigenvalue weighted by atomic mass is 10.2. The fourth-order valence-electron chi connectivity index (χ4n) is 2.04. The van der Waals surface area contributed by atoms with E-state index in [1.54, 1.807) is 4.68 Å². The van der Waals surface area contributed by atoms with Crippen molar-refractivity contribution in [3.8, 4) is 17.1 Å². The molecule has 2 aromatic carbocycles. The predicted molar refractivity (Wildman–Crippen MR) is 89.1 cm³/mol. The lowest BCUT2D eigenvalue weighted by Gasteiger charge is -2.07. The quantitative estimate of drug-likeness (QED) is 0.655. The van der Waals surface area contributed by atoms with Crippen LogP contribution in [0.15, 0.2) is 45.3 Å². The molecule has 0 radical (unpaired) electrons. The Bertz CT molecular complexity index is 793. The highest BCUT2D eigenvalue weighted by atomic mass is 79.9. The smallest absolute Gasteiger partial charge is 0.187 e. The average Bonchev–Trinajstić information content (AvgIpc) is 2.90. The third-order valence-corrected chi connectivity index (χ3v) is 4.38. The van der Waals surface area contributed by atoms with Crippen molar-refractivity contribution >= 4 is 37.5 Å². The van der Waals surface area contributed by atoms with Gasteiger partial charge in [-0.05, 0) is 59.3 Å². The monoisotopic (exact) mass is 407 g/mol. The maximum Gasteiger partial charge on any atom is 0.187 e. The van der Waals surface area contributed by atoms with E-state index in [0.29, 0.717) is 11.5 Å². The van der Waals surface area contributed by atoms with E-state index in [2.05, 4.69) is 47.4 Å². The second kappa shape index (κ2) is 5.57. The van der Waals surface area contributed by atoms with Gasteiger partial charge in [-0.15, -0.1) is 5.10 Å². The van der Waals surface area contributed by atoms with Crippen molar-refractivity contribution in [1.29, 1.82) is 0 Å². The number of nitrogens with zero attached hydrogens (tertiary/aromatic N) is 4. The van der Waals surface area contributed by atoms with Crippen LogP contribution in [-0.2, 0) is 0 Å². The standard InChI is InChI=1S/C14H11Br2N5/c1-8-4-12(2-3-13(8)16)21-14(18-19-20-21)9-5-10(15)7-11(17)6-9/h2-7H,17H2,1H3. The molecule has 0 aliphatic heterocycles. The number of anilines is 1. The third kappa shape index (κ3) is 2.84. The van der Waals surface area contributed by atoms with Crippen molar-refractivity contribution < 1.29 is 0 Å². The van der Waals surface area contributed by atoms with Crippen molar-refractivity contribution in [2.45, 2.75) is 6.92 Å². The number of aromatic nitrogens is 4. The zero-order chi connectivity index (χ0) is 15.0. The number of hydrogen-bond acceptors (Lipinski definition) is 4. The average molecular weight is 409 g/mol. The van der Waals surface area contributed by atoms with Gasteiger partial charge in [0.25, 0.3) is 0 Å². The largest absolute Gasteiger partial charge is 0.399 e. The van der Waals surface area contributed by atoms with Gasteiger partial charge < -0.3 is 5.73 Å². The summed E-state index contributed by atoms with van der Waals surface area (Å²) in [7, 11) is 0. The molecule has 3 rings (SSSR count). The molecule has 0 bridgehead atoms. The molecule has 0 fully saturated rings. The van der Waals surface area contributed by atoms with E-state index in [4.69, 9.17) is 5.73 Å². The number of nitrogens with two attached hydrogens (primary N) is 1. The van der Waals surface area contributed by atoms with Crippen LogP contribution >= 0.6 is 31.9 Å². The van der Waals surface area contributed by atoms with E-state index >= 15 is 0 Å². The Balaban J connectivity index is 2.14. The van der Waals surface area contributed by atoms with Gasteiger partial charge in [-0.3, -0.25) is 0 Å². The van der Waals surface area contributed by atoms with E-state index in [9.17, 15) is 0 Å². The number of nitrogen functional groups attached to an aromatic ring is 1. The second-order valence-corrected chi connectivity index (χ2v) is 6.39. The first-order valence-electron chi connectivity index (χ1n) is 6.16. The Kier molecular flexibility index (Phi) is 3.77. The van der Waals surface area contributed by atoms with Gasteiger partial charge in [0.1, 0.15) is 0 Å². The molecule has 0 atom stereocenters. The molecule has 0 aliphatic rings.